The maximum absolute atomic E-state index is 6.25. The van der Waals surface area contributed by atoms with E-state index in [9.17, 15) is 0 Å². The molecule has 1 fully saturated rings. The number of rotatable bonds is 4. The maximum atomic E-state index is 6.25. The quantitative estimate of drug-likeness (QED) is 0.920. The molecule has 0 spiro atoms. The Bertz CT molecular complexity index is 400. The van der Waals surface area contributed by atoms with Gasteiger partial charge in [-0.25, -0.2) is 0 Å². The molecule has 0 amide bonds. The van der Waals surface area contributed by atoms with Crippen LogP contribution in [0.3, 0.4) is 0 Å². The van der Waals surface area contributed by atoms with Gasteiger partial charge in [0.15, 0.2) is 0 Å². The first-order valence-corrected chi connectivity index (χ1v) is 7.38. The molecule has 0 heterocycles. The largest absolute Gasteiger partial charge is 0.496 e. The van der Waals surface area contributed by atoms with Gasteiger partial charge in [0.2, 0.25) is 0 Å². The average Bonchev–Trinajstić information content (AvgIpc) is 2.46. The van der Waals surface area contributed by atoms with Gasteiger partial charge < -0.3 is 19.9 Å². The second-order valence-corrected chi connectivity index (χ2v) is 5.36. The fraction of sp³-hybridized carbons (Fsp3) is 0.625. The Labute approximate surface area is 121 Å². The van der Waals surface area contributed by atoms with E-state index in [1.807, 2.05) is 18.2 Å². The summed E-state index contributed by atoms with van der Waals surface area (Å²) in [6.07, 6.45) is 7.06. The minimum Gasteiger partial charge on any atom is -0.496 e. The lowest BCUT2D eigenvalue weighted by Crippen LogP contribution is -2.39. The van der Waals surface area contributed by atoms with Crippen LogP contribution in [0.4, 0.5) is 0 Å². The molecule has 0 radical (unpaired) electrons. The Morgan fingerprint density at radius 2 is 1.40 bits per heavy atom. The smallest absolute Gasteiger partial charge is 0.127 e. The highest BCUT2D eigenvalue weighted by molar-refractivity contribution is 5.42. The first-order valence-electron chi connectivity index (χ1n) is 7.38. The second kappa shape index (κ2) is 7.39. The number of hydrogen-bond acceptors (Lipinski definition) is 4. The predicted octanol–water partition coefficient (Wildman–Crippen LogP) is 3.13. The van der Waals surface area contributed by atoms with Crippen LogP contribution in [0, 0.1) is 0 Å². The minimum absolute atomic E-state index is 0.0760. The molecule has 2 unspecified atom stereocenters. The minimum atomic E-state index is 0.0760. The Kier molecular flexibility index (Phi) is 5.53. The van der Waals surface area contributed by atoms with Crippen LogP contribution >= 0.6 is 0 Å². The Balaban J connectivity index is 2.10. The van der Waals surface area contributed by atoms with Crippen molar-refractivity contribution in [2.24, 2.45) is 5.73 Å². The van der Waals surface area contributed by atoms with Crippen molar-refractivity contribution in [2.45, 2.75) is 50.7 Å². The van der Waals surface area contributed by atoms with E-state index in [0.717, 1.165) is 30.1 Å². The topological polar surface area (TPSA) is 53.7 Å². The van der Waals surface area contributed by atoms with Crippen molar-refractivity contribution >= 4 is 0 Å². The molecule has 4 heteroatoms. The normalized spacial score (nSPS) is 23.6. The second-order valence-electron chi connectivity index (χ2n) is 5.36. The summed E-state index contributed by atoms with van der Waals surface area (Å²) in [7, 11) is 3.28. The van der Waals surface area contributed by atoms with Gasteiger partial charge >= 0.3 is 0 Å². The third kappa shape index (κ3) is 4.04. The zero-order chi connectivity index (χ0) is 14.4. The molecule has 2 rings (SSSR count). The van der Waals surface area contributed by atoms with E-state index < -0.39 is 0 Å². The number of benzene rings is 1. The summed E-state index contributed by atoms with van der Waals surface area (Å²) in [5.74, 6) is 2.24. The molecule has 0 aromatic heterocycles. The van der Waals surface area contributed by atoms with Crippen LogP contribution in [-0.2, 0) is 0 Å². The van der Waals surface area contributed by atoms with Crippen molar-refractivity contribution in [3.63, 3.8) is 0 Å². The molecule has 4 nitrogen and oxygen atoms in total. The van der Waals surface area contributed by atoms with Gasteiger partial charge in [0.05, 0.1) is 14.2 Å². The Hall–Kier alpha value is -1.42. The summed E-state index contributed by atoms with van der Waals surface area (Å²) < 4.78 is 16.6. The van der Waals surface area contributed by atoms with Crippen LogP contribution in [0.25, 0.3) is 0 Å². The van der Waals surface area contributed by atoms with Crippen molar-refractivity contribution < 1.29 is 14.2 Å². The third-order valence-electron chi connectivity index (χ3n) is 3.87. The highest BCUT2D eigenvalue weighted by Gasteiger charge is 2.21. The molecule has 112 valence electrons. The summed E-state index contributed by atoms with van der Waals surface area (Å²) >= 11 is 0. The third-order valence-corrected chi connectivity index (χ3v) is 3.87. The lowest BCUT2D eigenvalue weighted by Gasteiger charge is -2.27. The predicted molar refractivity (Wildman–Crippen MR) is 79.6 cm³/mol. The molecule has 0 aliphatic heterocycles. The summed E-state index contributed by atoms with van der Waals surface area (Å²) in [5, 5.41) is 0. The van der Waals surface area contributed by atoms with Gasteiger partial charge in [-0.15, -0.1) is 0 Å². The molecule has 0 bridgehead atoms. The summed E-state index contributed by atoms with van der Waals surface area (Å²) in [6, 6.07) is 5.71. The Morgan fingerprint density at radius 1 is 0.850 bits per heavy atom. The molecular weight excluding hydrogens is 254 g/mol. The van der Waals surface area contributed by atoms with E-state index in [-0.39, 0.29) is 12.1 Å². The maximum Gasteiger partial charge on any atom is 0.127 e. The summed E-state index contributed by atoms with van der Waals surface area (Å²) in [5.41, 5.74) is 6.25. The van der Waals surface area contributed by atoms with Crippen molar-refractivity contribution in [2.75, 3.05) is 14.2 Å². The first kappa shape index (κ1) is 15.0. The van der Waals surface area contributed by atoms with Gasteiger partial charge in [-0.3, -0.25) is 0 Å². The highest BCUT2D eigenvalue weighted by Crippen LogP contribution is 2.29. The fourth-order valence-corrected chi connectivity index (χ4v) is 2.65. The molecule has 0 saturated heterocycles. The lowest BCUT2D eigenvalue weighted by molar-refractivity contribution is 0.144. The van der Waals surface area contributed by atoms with E-state index in [1.54, 1.807) is 14.2 Å². The molecule has 1 saturated carbocycles. The van der Waals surface area contributed by atoms with Gasteiger partial charge in [-0.05, 0) is 19.3 Å². The molecule has 2 N–H and O–H groups in total. The standard InChI is InChI=1S/C16H25NO3/c1-18-12-9-13(19-2)11-14(10-12)20-16-8-6-4-3-5-7-15(16)17/h9-11,15-16H,3-8,17H2,1-2H3. The highest BCUT2D eigenvalue weighted by atomic mass is 16.5. The zero-order valence-electron chi connectivity index (χ0n) is 12.4. The van der Waals surface area contributed by atoms with Crippen molar-refractivity contribution in [1.82, 2.24) is 0 Å². The fourth-order valence-electron chi connectivity index (χ4n) is 2.65. The van der Waals surface area contributed by atoms with Gasteiger partial charge in [0.25, 0.3) is 0 Å². The molecule has 1 aromatic carbocycles. The molecule has 20 heavy (non-hydrogen) atoms. The monoisotopic (exact) mass is 279 g/mol. The van der Waals surface area contributed by atoms with Crippen molar-refractivity contribution in [3.8, 4) is 17.2 Å². The molecular formula is C16H25NO3. The van der Waals surface area contributed by atoms with Crippen LogP contribution in [0.1, 0.15) is 38.5 Å². The van der Waals surface area contributed by atoms with Crippen LogP contribution in [0.5, 0.6) is 17.2 Å². The van der Waals surface area contributed by atoms with Crippen molar-refractivity contribution in [1.29, 1.82) is 0 Å². The average molecular weight is 279 g/mol. The van der Waals surface area contributed by atoms with Crippen LogP contribution < -0.4 is 19.9 Å². The van der Waals surface area contributed by atoms with E-state index in [2.05, 4.69) is 0 Å². The van der Waals surface area contributed by atoms with Crippen LogP contribution in [0.2, 0.25) is 0 Å². The van der Waals surface area contributed by atoms with E-state index in [4.69, 9.17) is 19.9 Å². The van der Waals surface area contributed by atoms with Crippen molar-refractivity contribution in [3.05, 3.63) is 18.2 Å². The molecule has 1 aliphatic carbocycles. The van der Waals surface area contributed by atoms with Gasteiger partial charge in [0.1, 0.15) is 23.4 Å². The number of methoxy groups -OCH3 is 2. The molecule has 2 atom stereocenters. The SMILES string of the molecule is COc1cc(OC)cc(OC2CCCCCCC2N)c1. The van der Waals surface area contributed by atoms with E-state index in [0.29, 0.717) is 0 Å². The van der Waals surface area contributed by atoms with Crippen LogP contribution in [-0.4, -0.2) is 26.4 Å². The van der Waals surface area contributed by atoms with Gasteiger partial charge in [-0.1, -0.05) is 19.3 Å². The Morgan fingerprint density at radius 3 is 2.00 bits per heavy atom. The van der Waals surface area contributed by atoms with Crippen LogP contribution in [0.15, 0.2) is 18.2 Å². The van der Waals surface area contributed by atoms with E-state index >= 15 is 0 Å². The number of ether oxygens (including phenoxy) is 3. The van der Waals surface area contributed by atoms with E-state index in [1.165, 1.54) is 25.7 Å². The zero-order valence-corrected chi connectivity index (χ0v) is 12.4. The molecule has 1 aromatic rings. The summed E-state index contributed by atoms with van der Waals surface area (Å²) in [6.45, 7) is 0. The summed E-state index contributed by atoms with van der Waals surface area (Å²) in [4.78, 5) is 0. The lowest BCUT2D eigenvalue weighted by atomic mass is 9.95. The number of hydrogen-bond donors (Lipinski definition) is 1. The van der Waals surface area contributed by atoms with Gasteiger partial charge in [-0.2, -0.15) is 0 Å². The molecule has 1 aliphatic rings. The number of nitrogens with two attached hydrogens (primary N) is 1. The first-order chi connectivity index (χ1) is 9.72. The van der Waals surface area contributed by atoms with Gasteiger partial charge in [0, 0.05) is 24.2 Å².